The van der Waals surface area contributed by atoms with Gasteiger partial charge in [0, 0.05) is 11.6 Å². The second kappa shape index (κ2) is 5.92. The number of fused-ring (bicyclic) bond motifs is 1. The molecule has 3 rings (SSSR count). The van der Waals surface area contributed by atoms with Gasteiger partial charge in [-0.05, 0) is 32.3 Å². The fourth-order valence-corrected chi connectivity index (χ4v) is 3.01. The number of nitrogens with one attached hydrogen (secondary N) is 1. The van der Waals surface area contributed by atoms with Gasteiger partial charge in [0.2, 0.25) is 10.0 Å². The van der Waals surface area contributed by atoms with Gasteiger partial charge in [-0.3, -0.25) is 4.79 Å². The molecular weight excluding hydrogens is 318 g/mol. The van der Waals surface area contributed by atoms with Crippen LogP contribution in [0.2, 0.25) is 0 Å². The second-order valence-corrected chi connectivity index (χ2v) is 7.77. The summed E-state index contributed by atoms with van der Waals surface area (Å²) < 4.78 is 30.8. The fourth-order valence-electron chi connectivity index (χ4n) is 2.47. The molecule has 0 spiro atoms. The van der Waals surface area contributed by atoms with Gasteiger partial charge in [-0.15, -0.1) is 0 Å². The zero-order valence-corrected chi connectivity index (χ0v) is 13.9. The Bertz CT molecular complexity index is 853. The summed E-state index contributed by atoms with van der Waals surface area (Å²) in [5.74, 6) is -0.497. The van der Waals surface area contributed by atoms with E-state index in [0.29, 0.717) is 29.1 Å². The van der Waals surface area contributed by atoms with Crippen LogP contribution in [0.25, 0.3) is 11.1 Å². The third-order valence-electron chi connectivity index (χ3n) is 3.89. The van der Waals surface area contributed by atoms with Crippen LogP contribution in [0.3, 0.4) is 0 Å². The lowest BCUT2D eigenvalue weighted by Crippen LogP contribution is -2.32. The van der Waals surface area contributed by atoms with Gasteiger partial charge in [-0.1, -0.05) is 18.5 Å². The van der Waals surface area contributed by atoms with E-state index in [-0.39, 0.29) is 11.3 Å². The standard InChI is InChI=1S/C15H19N3O4S/c1-3-5-11-13-10(14(19)18-23(20,21)4-2)8-12(9-6-7-9)16-15(13)22-17-11/h8-9H,3-7H2,1-2H3,(H,18,19). The number of amides is 1. The van der Waals surface area contributed by atoms with E-state index < -0.39 is 15.9 Å². The summed E-state index contributed by atoms with van der Waals surface area (Å²) in [6.07, 6.45) is 3.50. The zero-order chi connectivity index (χ0) is 16.6. The molecule has 2 aromatic heterocycles. The van der Waals surface area contributed by atoms with Crippen LogP contribution in [0, 0.1) is 0 Å². The number of aryl methyl sites for hydroxylation is 1. The van der Waals surface area contributed by atoms with Gasteiger partial charge in [-0.2, -0.15) is 0 Å². The largest absolute Gasteiger partial charge is 0.336 e. The predicted molar refractivity (Wildman–Crippen MR) is 84.7 cm³/mol. The molecule has 2 aromatic rings. The van der Waals surface area contributed by atoms with Gasteiger partial charge < -0.3 is 4.52 Å². The number of hydrogen-bond donors (Lipinski definition) is 1. The number of carbonyl (C=O) groups is 1. The third-order valence-corrected chi connectivity index (χ3v) is 5.15. The molecule has 1 saturated carbocycles. The normalized spacial score (nSPS) is 15.0. The van der Waals surface area contributed by atoms with Crippen LogP contribution in [0.1, 0.15) is 60.8 Å². The van der Waals surface area contributed by atoms with Crippen molar-refractivity contribution in [1.82, 2.24) is 14.9 Å². The first-order valence-electron chi connectivity index (χ1n) is 7.79. The van der Waals surface area contributed by atoms with Gasteiger partial charge in [0.1, 0.15) is 0 Å². The molecule has 1 N–H and O–H groups in total. The van der Waals surface area contributed by atoms with Gasteiger partial charge in [-0.25, -0.2) is 18.1 Å². The molecule has 23 heavy (non-hydrogen) atoms. The molecule has 0 aromatic carbocycles. The van der Waals surface area contributed by atoms with Gasteiger partial charge in [0.25, 0.3) is 11.6 Å². The molecule has 0 radical (unpaired) electrons. The molecule has 0 unspecified atom stereocenters. The summed E-state index contributed by atoms with van der Waals surface area (Å²) in [6.45, 7) is 3.48. The third kappa shape index (κ3) is 3.21. The Morgan fingerprint density at radius 3 is 2.74 bits per heavy atom. The van der Waals surface area contributed by atoms with Crippen molar-refractivity contribution >= 4 is 27.0 Å². The van der Waals surface area contributed by atoms with Crippen LogP contribution in [0.4, 0.5) is 0 Å². The molecule has 0 aliphatic heterocycles. The number of nitrogens with zero attached hydrogens (tertiary/aromatic N) is 2. The van der Waals surface area contributed by atoms with Crippen molar-refractivity contribution in [2.75, 3.05) is 5.75 Å². The van der Waals surface area contributed by atoms with E-state index in [1.807, 2.05) is 6.92 Å². The molecule has 7 nitrogen and oxygen atoms in total. The highest BCUT2D eigenvalue weighted by Gasteiger charge is 2.29. The predicted octanol–water partition coefficient (Wildman–Crippen LogP) is 2.13. The molecule has 1 fully saturated rings. The van der Waals surface area contributed by atoms with Crippen LogP contribution in [-0.2, 0) is 16.4 Å². The minimum atomic E-state index is -3.63. The molecule has 0 bridgehead atoms. The Balaban J connectivity index is 2.11. The highest BCUT2D eigenvalue weighted by atomic mass is 32.2. The Morgan fingerprint density at radius 1 is 1.39 bits per heavy atom. The van der Waals surface area contributed by atoms with Crippen molar-refractivity contribution in [3.8, 4) is 0 Å². The minimum Gasteiger partial charge on any atom is -0.336 e. The number of sulfonamides is 1. The summed E-state index contributed by atoms with van der Waals surface area (Å²) in [7, 11) is -3.63. The van der Waals surface area contributed by atoms with Crippen LogP contribution in [0.5, 0.6) is 0 Å². The molecule has 1 aliphatic carbocycles. The summed E-state index contributed by atoms with van der Waals surface area (Å²) in [4.78, 5) is 16.9. The highest BCUT2D eigenvalue weighted by Crippen LogP contribution is 2.40. The minimum absolute atomic E-state index is 0.159. The maximum Gasteiger partial charge on any atom is 0.265 e. The highest BCUT2D eigenvalue weighted by molar-refractivity contribution is 7.90. The molecule has 1 aliphatic rings. The van der Waals surface area contributed by atoms with Crippen molar-refractivity contribution in [2.45, 2.75) is 45.4 Å². The zero-order valence-electron chi connectivity index (χ0n) is 13.1. The maximum absolute atomic E-state index is 12.5. The SMILES string of the molecule is CCCc1noc2nc(C3CC3)cc(C(=O)NS(=O)(=O)CC)c12. The van der Waals surface area contributed by atoms with Crippen molar-refractivity contribution in [2.24, 2.45) is 0 Å². The van der Waals surface area contributed by atoms with E-state index >= 15 is 0 Å². The number of carbonyl (C=O) groups excluding carboxylic acids is 1. The lowest BCUT2D eigenvalue weighted by molar-refractivity contribution is 0.0983. The summed E-state index contributed by atoms with van der Waals surface area (Å²) >= 11 is 0. The van der Waals surface area contributed by atoms with Gasteiger partial charge >= 0.3 is 0 Å². The van der Waals surface area contributed by atoms with E-state index in [1.165, 1.54) is 6.92 Å². The van der Waals surface area contributed by atoms with E-state index in [1.54, 1.807) is 6.07 Å². The summed E-state index contributed by atoms with van der Waals surface area (Å²) in [5, 5.41) is 4.51. The number of rotatable bonds is 6. The lowest BCUT2D eigenvalue weighted by atomic mass is 10.1. The van der Waals surface area contributed by atoms with E-state index in [2.05, 4.69) is 14.9 Å². The monoisotopic (exact) mass is 337 g/mol. The molecule has 124 valence electrons. The number of aromatic nitrogens is 2. The van der Waals surface area contributed by atoms with Crippen LogP contribution in [-0.4, -0.2) is 30.2 Å². The molecule has 0 saturated heterocycles. The molecule has 8 heteroatoms. The van der Waals surface area contributed by atoms with E-state index in [4.69, 9.17) is 4.52 Å². The van der Waals surface area contributed by atoms with Crippen LogP contribution in [0.15, 0.2) is 10.6 Å². The van der Waals surface area contributed by atoms with Crippen LogP contribution < -0.4 is 4.72 Å². The molecule has 0 atom stereocenters. The Hall–Kier alpha value is -1.96. The Morgan fingerprint density at radius 2 is 2.13 bits per heavy atom. The van der Waals surface area contributed by atoms with Crippen molar-refractivity contribution in [1.29, 1.82) is 0 Å². The first kappa shape index (κ1) is 15.9. The Labute approximate surface area is 134 Å². The molecule has 1 amide bonds. The fraction of sp³-hybridized carbons (Fsp3) is 0.533. The smallest absolute Gasteiger partial charge is 0.265 e. The average Bonchev–Trinajstić information content (AvgIpc) is 3.29. The first-order chi connectivity index (χ1) is 10.9. The number of hydrogen-bond acceptors (Lipinski definition) is 6. The van der Waals surface area contributed by atoms with Crippen LogP contribution >= 0.6 is 0 Å². The Kier molecular flexibility index (Phi) is 4.09. The van der Waals surface area contributed by atoms with Crippen molar-refractivity contribution in [3.63, 3.8) is 0 Å². The summed E-state index contributed by atoms with van der Waals surface area (Å²) in [5.41, 5.74) is 1.97. The average molecular weight is 337 g/mol. The van der Waals surface area contributed by atoms with Gasteiger partial charge in [0.05, 0.1) is 22.4 Å². The number of pyridine rings is 1. The molecular formula is C15H19N3O4S. The van der Waals surface area contributed by atoms with Gasteiger partial charge in [0.15, 0.2) is 0 Å². The van der Waals surface area contributed by atoms with E-state index in [0.717, 1.165) is 25.0 Å². The quantitative estimate of drug-likeness (QED) is 0.866. The van der Waals surface area contributed by atoms with Crippen molar-refractivity contribution < 1.29 is 17.7 Å². The maximum atomic E-state index is 12.5. The lowest BCUT2D eigenvalue weighted by Gasteiger charge is -2.08. The van der Waals surface area contributed by atoms with E-state index in [9.17, 15) is 13.2 Å². The first-order valence-corrected chi connectivity index (χ1v) is 9.44. The second-order valence-electron chi connectivity index (χ2n) is 5.76. The van der Waals surface area contributed by atoms with Crippen molar-refractivity contribution in [3.05, 3.63) is 23.0 Å². The molecule has 2 heterocycles. The summed E-state index contributed by atoms with van der Waals surface area (Å²) in [6, 6.07) is 1.68. The topological polar surface area (TPSA) is 102 Å².